The summed E-state index contributed by atoms with van der Waals surface area (Å²) in [5.41, 5.74) is -0.889. The molecule has 4 nitrogen and oxygen atoms in total. The minimum atomic E-state index is -0.630. The van der Waals surface area contributed by atoms with Crippen LogP contribution in [0, 0.1) is 0 Å². The van der Waals surface area contributed by atoms with E-state index in [0.717, 1.165) is 0 Å². The molecule has 2 rings (SSSR count). The van der Waals surface area contributed by atoms with Crippen LogP contribution < -0.4 is 10.6 Å². The molecule has 2 saturated heterocycles. The van der Waals surface area contributed by atoms with Gasteiger partial charge in [-0.25, -0.2) is 0 Å². The van der Waals surface area contributed by atoms with Gasteiger partial charge in [-0.2, -0.15) is 0 Å². The first-order valence-corrected chi connectivity index (χ1v) is 5.78. The van der Waals surface area contributed by atoms with Crippen molar-refractivity contribution in [3.05, 3.63) is 0 Å². The van der Waals surface area contributed by atoms with E-state index < -0.39 is 5.54 Å². The van der Waals surface area contributed by atoms with Crippen LogP contribution >= 0.6 is 0 Å². The Morgan fingerprint density at radius 3 is 1.88 bits per heavy atom. The zero-order valence-corrected chi connectivity index (χ0v) is 10.4. The van der Waals surface area contributed by atoms with Crippen LogP contribution in [0.1, 0.15) is 47.0 Å². The third-order valence-corrected chi connectivity index (χ3v) is 3.40. The Morgan fingerprint density at radius 2 is 1.50 bits per heavy atom. The van der Waals surface area contributed by atoms with E-state index in [1.54, 1.807) is 0 Å². The molecule has 2 aliphatic heterocycles. The summed E-state index contributed by atoms with van der Waals surface area (Å²) >= 11 is 0. The van der Waals surface area contributed by atoms with Gasteiger partial charge in [-0.1, -0.05) is 0 Å². The molecule has 0 aliphatic carbocycles. The van der Waals surface area contributed by atoms with Crippen molar-refractivity contribution in [3.8, 4) is 0 Å². The highest BCUT2D eigenvalue weighted by molar-refractivity contribution is 6.10. The summed E-state index contributed by atoms with van der Waals surface area (Å²) in [5.74, 6) is -0.0707. The van der Waals surface area contributed by atoms with Crippen LogP contribution in [0.15, 0.2) is 0 Å². The number of nitrogens with one attached hydrogen (secondary N) is 2. The van der Waals surface area contributed by atoms with E-state index >= 15 is 0 Å². The summed E-state index contributed by atoms with van der Waals surface area (Å²) < 4.78 is 0. The molecule has 2 fully saturated rings. The van der Waals surface area contributed by atoms with Gasteiger partial charge < -0.3 is 10.6 Å². The quantitative estimate of drug-likeness (QED) is 0.597. The monoisotopic (exact) mass is 224 g/mol. The molecular formula is C12H20N2O2. The second-order valence-corrected chi connectivity index (χ2v) is 6.48. The Labute approximate surface area is 96.2 Å². The zero-order chi connectivity index (χ0) is 12.2. The fourth-order valence-electron chi connectivity index (χ4n) is 3.56. The molecule has 1 amide bonds. The molecule has 90 valence electrons. The average Bonchev–Trinajstić information content (AvgIpc) is 2.17. The van der Waals surface area contributed by atoms with Gasteiger partial charge in [0.25, 0.3) is 0 Å². The molecule has 2 aliphatic rings. The van der Waals surface area contributed by atoms with Gasteiger partial charge >= 0.3 is 0 Å². The highest BCUT2D eigenvalue weighted by Crippen LogP contribution is 2.39. The van der Waals surface area contributed by atoms with Crippen molar-refractivity contribution in [2.45, 2.75) is 63.6 Å². The SMILES string of the molecule is CC1(C)CC2(CC(C)(C)N1)NC(=O)CC2=O. The third-order valence-electron chi connectivity index (χ3n) is 3.40. The van der Waals surface area contributed by atoms with Gasteiger partial charge in [-0.15, -0.1) is 0 Å². The Hall–Kier alpha value is -0.900. The lowest BCUT2D eigenvalue weighted by molar-refractivity contribution is -0.125. The van der Waals surface area contributed by atoms with Crippen LogP contribution in [0.25, 0.3) is 0 Å². The number of piperidine rings is 1. The topological polar surface area (TPSA) is 58.2 Å². The minimum Gasteiger partial charge on any atom is -0.343 e. The molecule has 0 radical (unpaired) electrons. The second-order valence-electron chi connectivity index (χ2n) is 6.48. The normalized spacial score (nSPS) is 30.5. The molecule has 1 spiro atoms. The maximum Gasteiger partial charge on any atom is 0.228 e. The first-order chi connectivity index (χ1) is 7.14. The Bertz CT molecular complexity index is 342. The Morgan fingerprint density at radius 1 is 1.00 bits per heavy atom. The van der Waals surface area contributed by atoms with Crippen molar-refractivity contribution in [2.24, 2.45) is 0 Å². The van der Waals surface area contributed by atoms with E-state index in [4.69, 9.17) is 0 Å². The molecule has 0 aromatic heterocycles. The van der Waals surface area contributed by atoms with E-state index in [-0.39, 0.29) is 29.2 Å². The maximum atomic E-state index is 12.0. The number of Topliss-reactive ketones (excluding diaryl/α,β-unsaturated/α-hetero) is 1. The van der Waals surface area contributed by atoms with E-state index in [1.165, 1.54) is 0 Å². The highest BCUT2D eigenvalue weighted by Gasteiger charge is 2.54. The lowest BCUT2D eigenvalue weighted by Crippen LogP contribution is -2.68. The van der Waals surface area contributed by atoms with Crippen LogP contribution in [0.4, 0.5) is 0 Å². The molecule has 0 atom stereocenters. The predicted molar refractivity (Wildman–Crippen MR) is 61.0 cm³/mol. The molecule has 0 aromatic carbocycles. The van der Waals surface area contributed by atoms with Crippen molar-refractivity contribution < 1.29 is 9.59 Å². The molecule has 0 aromatic rings. The fourth-order valence-corrected chi connectivity index (χ4v) is 3.56. The highest BCUT2D eigenvalue weighted by atomic mass is 16.2. The van der Waals surface area contributed by atoms with Crippen molar-refractivity contribution in [3.63, 3.8) is 0 Å². The van der Waals surface area contributed by atoms with E-state index in [9.17, 15) is 9.59 Å². The van der Waals surface area contributed by atoms with Crippen LogP contribution in [0.5, 0.6) is 0 Å². The van der Waals surface area contributed by atoms with Gasteiger partial charge in [0.15, 0.2) is 5.78 Å². The van der Waals surface area contributed by atoms with Gasteiger partial charge in [0.2, 0.25) is 5.91 Å². The average molecular weight is 224 g/mol. The van der Waals surface area contributed by atoms with E-state index in [1.807, 2.05) is 0 Å². The molecule has 0 bridgehead atoms. The summed E-state index contributed by atoms with van der Waals surface area (Å²) in [7, 11) is 0. The summed E-state index contributed by atoms with van der Waals surface area (Å²) in [6.45, 7) is 8.31. The van der Waals surface area contributed by atoms with Gasteiger partial charge in [-0.05, 0) is 40.5 Å². The number of hydrogen-bond donors (Lipinski definition) is 2. The van der Waals surface area contributed by atoms with Crippen LogP contribution in [0.3, 0.4) is 0 Å². The molecule has 0 saturated carbocycles. The summed E-state index contributed by atoms with van der Waals surface area (Å²) in [6.07, 6.45) is 1.40. The molecule has 4 heteroatoms. The van der Waals surface area contributed by atoms with Crippen molar-refractivity contribution in [1.82, 2.24) is 10.6 Å². The summed E-state index contributed by atoms with van der Waals surface area (Å²) in [5, 5.41) is 6.42. The molecule has 2 heterocycles. The molecular weight excluding hydrogens is 204 g/mol. The summed E-state index contributed by atoms with van der Waals surface area (Å²) in [6, 6.07) is 0. The number of ketones is 1. The van der Waals surface area contributed by atoms with Gasteiger partial charge in [0.05, 0.1) is 6.42 Å². The number of hydrogen-bond acceptors (Lipinski definition) is 3. The van der Waals surface area contributed by atoms with Crippen LogP contribution in [-0.4, -0.2) is 28.3 Å². The smallest absolute Gasteiger partial charge is 0.228 e. The lowest BCUT2D eigenvalue weighted by Gasteiger charge is -2.50. The number of amides is 1. The van der Waals surface area contributed by atoms with Gasteiger partial charge in [0, 0.05) is 11.1 Å². The fraction of sp³-hybridized carbons (Fsp3) is 0.833. The van der Waals surface area contributed by atoms with Gasteiger partial charge in [0.1, 0.15) is 5.54 Å². The third kappa shape index (κ3) is 1.86. The van der Waals surface area contributed by atoms with Crippen LogP contribution in [0.2, 0.25) is 0 Å². The molecule has 0 unspecified atom stereocenters. The number of rotatable bonds is 0. The summed E-state index contributed by atoms with van der Waals surface area (Å²) in [4.78, 5) is 23.4. The Kier molecular flexibility index (Phi) is 2.22. The number of carbonyl (C=O) groups is 2. The first-order valence-electron chi connectivity index (χ1n) is 5.78. The standard InChI is InChI=1S/C12H20N2O2/c1-10(2)6-12(7-11(3,4)14-10)8(15)5-9(16)13-12/h14H,5-7H2,1-4H3,(H,13,16). The van der Waals surface area contributed by atoms with Crippen LogP contribution in [-0.2, 0) is 9.59 Å². The van der Waals surface area contributed by atoms with E-state index in [2.05, 4.69) is 38.3 Å². The molecule has 2 N–H and O–H groups in total. The van der Waals surface area contributed by atoms with Crippen molar-refractivity contribution in [2.75, 3.05) is 0 Å². The second kappa shape index (κ2) is 3.06. The largest absolute Gasteiger partial charge is 0.343 e. The first kappa shape index (κ1) is 11.6. The number of carbonyl (C=O) groups excluding carboxylic acids is 2. The lowest BCUT2D eigenvalue weighted by atomic mass is 9.70. The molecule has 16 heavy (non-hydrogen) atoms. The van der Waals surface area contributed by atoms with Gasteiger partial charge in [-0.3, -0.25) is 9.59 Å². The Balaban J connectivity index is 2.35. The van der Waals surface area contributed by atoms with E-state index in [0.29, 0.717) is 12.8 Å². The van der Waals surface area contributed by atoms with Crippen molar-refractivity contribution in [1.29, 1.82) is 0 Å². The minimum absolute atomic E-state index is 0.0478. The van der Waals surface area contributed by atoms with Crippen molar-refractivity contribution >= 4 is 11.7 Å². The predicted octanol–water partition coefficient (Wildman–Crippen LogP) is 0.755. The maximum absolute atomic E-state index is 12.0. The zero-order valence-electron chi connectivity index (χ0n) is 10.4.